The number of rotatable bonds is 4. The Morgan fingerprint density at radius 1 is 1.11 bits per heavy atom. The van der Waals surface area contributed by atoms with Crippen molar-refractivity contribution in [2.24, 2.45) is 23.7 Å². The van der Waals surface area contributed by atoms with Crippen LogP contribution in [0.2, 0.25) is 0 Å². The van der Waals surface area contributed by atoms with Gasteiger partial charge >= 0.3 is 5.97 Å². The van der Waals surface area contributed by atoms with E-state index in [1.54, 1.807) is 14.0 Å². The number of ether oxygens (including phenoxy) is 3. The van der Waals surface area contributed by atoms with E-state index >= 15 is 0 Å². The molecular weight excluding hydrogens is 442 g/mol. The van der Waals surface area contributed by atoms with E-state index in [-0.39, 0.29) is 30.0 Å². The van der Waals surface area contributed by atoms with Crippen LogP contribution in [0.3, 0.4) is 0 Å². The monoisotopic (exact) mass is 483 g/mol. The lowest BCUT2D eigenvalue weighted by Crippen LogP contribution is -2.64. The predicted molar refractivity (Wildman–Crippen MR) is 132 cm³/mol. The Morgan fingerprint density at radius 3 is 2.66 bits per heavy atom. The number of esters is 1. The fraction of sp³-hybridized carbons (Fsp3) is 0.759. The molecule has 7 unspecified atom stereocenters. The standard InChI is InChI=1S/C29H41NO5/c1-16-24-21-13-10-19-9-11-20(30(21)25(19)22(31)15-18-7-5-4-6-8-18)12-14-23(24)34-27(16)28-26(33-3)17(2)29(32)35-28/h14,16,18-22,24-25,31H,4-13,15H2,1-3H3. The summed E-state index contributed by atoms with van der Waals surface area (Å²) in [5.41, 5.74) is 0.495. The zero-order valence-corrected chi connectivity index (χ0v) is 21.5. The van der Waals surface area contributed by atoms with Crippen LogP contribution < -0.4 is 0 Å². The highest BCUT2D eigenvalue weighted by Gasteiger charge is 2.55. The number of carbonyl (C=O) groups excluding carboxylic acids is 1. The summed E-state index contributed by atoms with van der Waals surface area (Å²) in [4.78, 5) is 15.0. The highest BCUT2D eigenvalue weighted by Crippen LogP contribution is 2.53. The Balaban J connectivity index is 1.31. The van der Waals surface area contributed by atoms with E-state index in [0.717, 1.165) is 30.8 Å². The number of cyclic esters (lactones) is 1. The number of aliphatic hydroxyl groups excluding tert-OH is 1. The van der Waals surface area contributed by atoms with Crippen LogP contribution in [0, 0.1) is 23.7 Å². The van der Waals surface area contributed by atoms with Crippen molar-refractivity contribution in [1.82, 2.24) is 4.90 Å². The molecule has 1 N–H and O–H groups in total. The van der Waals surface area contributed by atoms with E-state index in [2.05, 4.69) is 17.9 Å². The van der Waals surface area contributed by atoms with Gasteiger partial charge < -0.3 is 19.3 Å². The topological polar surface area (TPSA) is 68.2 Å². The van der Waals surface area contributed by atoms with Gasteiger partial charge in [-0.2, -0.15) is 0 Å². The molecule has 0 radical (unpaired) electrons. The Labute approximate surface area is 209 Å². The van der Waals surface area contributed by atoms with Gasteiger partial charge in [-0.05, 0) is 63.4 Å². The number of hydrogen-bond acceptors (Lipinski definition) is 6. The van der Waals surface area contributed by atoms with Gasteiger partial charge in [-0.1, -0.05) is 39.0 Å². The van der Waals surface area contributed by atoms with Crippen molar-refractivity contribution >= 4 is 5.97 Å². The molecule has 5 heterocycles. The summed E-state index contributed by atoms with van der Waals surface area (Å²) in [5.74, 6) is 3.91. The number of nitrogens with zero attached hydrogens (tertiary/aromatic N) is 1. The second-order valence-corrected chi connectivity index (χ2v) is 11.9. The van der Waals surface area contributed by atoms with Gasteiger partial charge in [0.15, 0.2) is 11.5 Å². The van der Waals surface area contributed by atoms with Gasteiger partial charge in [0.25, 0.3) is 0 Å². The van der Waals surface area contributed by atoms with Crippen molar-refractivity contribution in [3.8, 4) is 0 Å². The second-order valence-electron chi connectivity index (χ2n) is 11.9. The lowest BCUT2D eigenvalue weighted by Gasteiger charge is -2.56. The van der Waals surface area contributed by atoms with E-state index in [9.17, 15) is 9.90 Å². The molecule has 5 aliphatic heterocycles. The lowest BCUT2D eigenvalue weighted by atomic mass is 9.69. The molecule has 2 bridgehead atoms. The number of allylic oxidation sites excluding steroid dienone is 1. The SMILES string of the molecule is COC1=C(C)C(=O)OC1=C1OC2=CCC3CCC4CCC(C2C1C)N3C4C(O)CC1CCCCC1. The number of hydrogen-bond donors (Lipinski definition) is 1. The van der Waals surface area contributed by atoms with Crippen molar-refractivity contribution in [2.45, 2.75) is 109 Å². The maximum Gasteiger partial charge on any atom is 0.343 e. The van der Waals surface area contributed by atoms with Gasteiger partial charge in [0.2, 0.25) is 5.76 Å². The number of piperidine rings is 2. The Bertz CT molecular complexity index is 960. The number of methoxy groups -OCH3 is 1. The number of carbonyl (C=O) groups is 1. The van der Waals surface area contributed by atoms with E-state index in [1.165, 1.54) is 51.4 Å². The first kappa shape index (κ1) is 23.6. The van der Waals surface area contributed by atoms with Crippen molar-refractivity contribution in [3.63, 3.8) is 0 Å². The molecule has 35 heavy (non-hydrogen) atoms. The van der Waals surface area contributed by atoms with Crippen LogP contribution in [-0.4, -0.2) is 47.3 Å². The van der Waals surface area contributed by atoms with Crippen molar-refractivity contribution in [3.05, 3.63) is 34.7 Å². The summed E-state index contributed by atoms with van der Waals surface area (Å²) in [6.45, 7) is 3.94. The maximum atomic E-state index is 12.3. The summed E-state index contributed by atoms with van der Waals surface area (Å²) in [5, 5.41) is 11.7. The first-order valence-corrected chi connectivity index (χ1v) is 14.0. The molecule has 3 saturated heterocycles. The fourth-order valence-electron chi connectivity index (χ4n) is 8.37. The fourth-order valence-corrected chi connectivity index (χ4v) is 8.37. The maximum absolute atomic E-state index is 12.3. The smallest absolute Gasteiger partial charge is 0.343 e. The van der Waals surface area contributed by atoms with E-state index < -0.39 is 0 Å². The number of fused-ring (bicyclic) bond motifs is 3. The second kappa shape index (κ2) is 9.26. The lowest BCUT2D eigenvalue weighted by molar-refractivity contribution is -0.133. The molecular formula is C29H41NO5. The molecule has 0 spiro atoms. The molecule has 4 fully saturated rings. The summed E-state index contributed by atoms with van der Waals surface area (Å²) < 4.78 is 17.7. The van der Waals surface area contributed by atoms with Gasteiger partial charge in [0.1, 0.15) is 5.76 Å². The normalized spacial score (nSPS) is 40.6. The van der Waals surface area contributed by atoms with Crippen LogP contribution in [-0.2, 0) is 19.0 Å². The first-order chi connectivity index (χ1) is 17.0. The van der Waals surface area contributed by atoms with E-state index in [0.29, 0.717) is 41.0 Å². The van der Waals surface area contributed by atoms with E-state index in [4.69, 9.17) is 14.2 Å². The van der Waals surface area contributed by atoms with Gasteiger partial charge in [-0.15, -0.1) is 0 Å². The van der Waals surface area contributed by atoms with Crippen LogP contribution >= 0.6 is 0 Å². The van der Waals surface area contributed by atoms with E-state index in [1.807, 2.05) is 0 Å². The molecule has 0 aromatic carbocycles. The van der Waals surface area contributed by atoms with Crippen LogP contribution in [0.15, 0.2) is 34.7 Å². The highest BCUT2D eigenvalue weighted by atomic mass is 16.6. The van der Waals surface area contributed by atoms with Crippen LogP contribution in [0.1, 0.15) is 84.5 Å². The van der Waals surface area contributed by atoms with Crippen LogP contribution in [0.25, 0.3) is 0 Å². The van der Waals surface area contributed by atoms with Gasteiger partial charge in [-0.25, -0.2) is 4.79 Å². The Hall–Kier alpha value is -1.79. The molecule has 6 heteroatoms. The zero-order valence-electron chi connectivity index (χ0n) is 21.5. The molecule has 7 atom stereocenters. The molecule has 1 aliphatic carbocycles. The minimum Gasteiger partial charge on any atom is -0.492 e. The van der Waals surface area contributed by atoms with Crippen molar-refractivity contribution in [2.75, 3.05) is 7.11 Å². The molecule has 1 saturated carbocycles. The molecule has 6 aliphatic rings. The first-order valence-electron chi connectivity index (χ1n) is 14.0. The molecule has 0 amide bonds. The Kier molecular flexibility index (Phi) is 6.24. The van der Waals surface area contributed by atoms with Crippen LogP contribution in [0.4, 0.5) is 0 Å². The van der Waals surface area contributed by atoms with Crippen molar-refractivity contribution < 1.29 is 24.1 Å². The Morgan fingerprint density at radius 2 is 1.89 bits per heavy atom. The third kappa shape index (κ3) is 3.87. The largest absolute Gasteiger partial charge is 0.492 e. The molecule has 192 valence electrons. The molecule has 6 rings (SSSR count). The summed E-state index contributed by atoms with van der Waals surface area (Å²) in [7, 11) is 1.58. The predicted octanol–water partition coefficient (Wildman–Crippen LogP) is 5.19. The third-order valence-electron chi connectivity index (χ3n) is 10.0. The average molecular weight is 484 g/mol. The third-order valence-corrected chi connectivity index (χ3v) is 10.0. The van der Waals surface area contributed by atoms with Crippen LogP contribution in [0.5, 0.6) is 0 Å². The molecule has 0 aromatic heterocycles. The zero-order chi connectivity index (χ0) is 24.3. The summed E-state index contributed by atoms with van der Waals surface area (Å²) in [6, 6.07) is 1.08. The van der Waals surface area contributed by atoms with Crippen molar-refractivity contribution in [1.29, 1.82) is 0 Å². The van der Waals surface area contributed by atoms with Gasteiger partial charge in [-0.3, -0.25) is 4.90 Å². The molecule has 6 nitrogen and oxygen atoms in total. The highest BCUT2D eigenvalue weighted by molar-refractivity contribution is 5.93. The average Bonchev–Trinajstić information content (AvgIpc) is 3.26. The van der Waals surface area contributed by atoms with Gasteiger partial charge in [0, 0.05) is 30.0 Å². The summed E-state index contributed by atoms with van der Waals surface area (Å²) >= 11 is 0. The summed E-state index contributed by atoms with van der Waals surface area (Å²) in [6.07, 6.45) is 15.3. The number of aliphatic hydroxyl groups is 1. The quantitative estimate of drug-likeness (QED) is 0.555. The minimum atomic E-state index is -0.358. The minimum absolute atomic E-state index is 0.0819. The molecule has 0 aromatic rings. The van der Waals surface area contributed by atoms with Gasteiger partial charge in [0.05, 0.1) is 18.8 Å².